The van der Waals surface area contributed by atoms with Gasteiger partial charge >= 0.3 is 0 Å². The molecule has 4 rings (SSSR count). The van der Waals surface area contributed by atoms with Crippen LogP contribution >= 0.6 is 0 Å². The molecule has 0 spiro atoms. The van der Waals surface area contributed by atoms with Gasteiger partial charge in [-0.2, -0.15) is 5.10 Å². The molecule has 0 saturated carbocycles. The Labute approximate surface area is 152 Å². The summed E-state index contributed by atoms with van der Waals surface area (Å²) < 4.78 is 3.80. The highest BCUT2D eigenvalue weighted by Crippen LogP contribution is 2.23. The molecule has 2 atom stereocenters. The molecule has 0 radical (unpaired) electrons. The van der Waals surface area contributed by atoms with Crippen molar-refractivity contribution in [1.29, 1.82) is 0 Å². The zero-order chi connectivity index (χ0) is 17.9. The van der Waals surface area contributed by atoms with Gasteiger partial charge in [-0.3, -0.25) is 4.79 Å². The molecule has 1 aromatic carbocycles. The van der Waals surface area contributed by atoms with Crippen LogP contribution in [0.1, 0.15) is 30.3 Å². The molecule has 1 aliphatic rings. The molecular weight excluding hydrogens is 328 g/mol. The molecule has 2 N–H and O–H groups in total. The molecule has 1 fully saturated rings. The highest BCUT2D eigenvalue weighted by Gasteiger charge is 2.31. The van der Waals surface area contributed by atoms with Crippen LogP contribution in [0.25, 0.3) is 5.69 Å². The minimum atomic E-state index is -0.111. The van der Waals surface area contributed by atoms with Gasteiger partial charge in [-0.1, -0.05) is 12.1 Å². The number of aryl methyl sites for hydroxylation is 1. The Kier molecular flexibility index (Phi) is 4.53. The molecule has 7 heteroatoms. The zero-order valence-corrected chi connectivity index (χ0v) is 14.7. The summed E-state index contributed by atoms with van der Waals surface area (Å²) in [4.78, 5) is 16.3. The summed E-state index contributed by atoms with van der Waals surface area (Å²) in [7, 11) is 1.95. The van der Waals surface area contributed by atoms with E-state index in [9.17, 15) is 4.79 Å². The Morgan fingerprint density at radius 2 is 2.08 bits per heavy atom. The summed E-state index contributed by atoms with van der Waals surface area (Å²) in [5.41, 5.74) is 2.23. The third-order valence-corrected chi connectivity index (χ3v) is 4.81. The number of nitrogens with zero attached hydrogens (tertiary/aromatic N) is 4. The van der Waals surface area contributed by atoms with E-state index in [1.807, 2.05) is 34.8 Å². The lowest BCUT2D eigenvalue weighted by molar-refractivity contribution is -0.124. The second-order valence-corrected chi connectivity index (χ2v) is 6.58. The molecule has 2 aromatic heterocycles. The Bertz CT molecular complexity index is 868. The van der Waals surface area contributed by atoms with E-state index < -0.39 is 0 Å². The van der Waals surface area contributed by atoms with E-state index in [-0.39, 0.29) is 18.0 Å². The van der Waals surface area contributed by atoms with Crippen LogP contribution in [0, 0.1) is 0 Å². The number of nitrogens with one attached hydrogen (secondary N) is 2. The molecule has 3 aromatic rings. The molecule has 0 bridgehead atoms. The predicted molar refractivity (Wildman–Crippen MR) is 97.5 cm³/mol. The van der Waals surface area contributed by atoms with Crippen molar-refractivity contribution < 1.29 is 4.79 Å². The van der Waals surface area contributed by atoms with Crippen molar-refractivity contribution in [3.63, 3.8) is 0 Å². The molecule has 1 amide bonds. The molecule has 3 heterocycles. The largest absolute Gasteiger partial charge is 0.345 e. The van der Waals surface area contributed by atoms with Crippen LogP contribution in [0.3, 0.4) is 0 Å². The smallest absolute Gasteiger partial charge is 0.220 e. The van der Waals surface area contributed by atoms with Crippen LogP contribution in [0.15, 0.2) is 55.1 Å². The molecule has 0 unspecified atom stereocenters. The molecule has 26 heavy (non-hydrogen) atoms. The summed E-state index contributed by atoms with van der Waals surface area (Å²) in [5.74, 6) is 0.962. The SMILES string of the molecule is Cn1ccnc1[C@@H]1NC(=O)CC[C@H]1NCc1ccc(-n2cccn2)cc1. The van der Waals surface area contributed by atoms with E-state index in [0.29, 0.717) is 6.42 Å². The van der Waals surface area contributed by atoms with Gasteiger partial charge in [0.2, 0.25) is 5.91 Å². The van der Waals surface area contributed by atoms with E-state index >= 15 is 0 Å². The normalized spacial score (nSPS) is 20.1. The lowest BCUT2D eigenvalue weighted by Gasteiger charge is -2.32. The van der Waals surface area contributed by atoms with Gasteiger partial charge in [0.15, 0.2) is 0 Å². The highest BCUT2D eigenvalue weighted by molar-refractivity contribution is 5.77. The maximum Gasteiger partial charge on any atom is 0.220 e. The lowest BCUT2D eigenvalue weighted by atomic mass is 9.96. The summed E-state index contributed by atoms with van der Waals surface area (Å²) in [6.45, 7) is 0.737. The van der Waals surface area contributed by atoms with Crippen molar-refractivity contribution in [3.8, 4) is 5.69 Å². The van der Waals surface area contributed by atoms with Gasteiger partial charge in [0.05, 0.1) is 5.69 Å². The number of imidazole rings is 1. The van der Waals surface area contributed by atoms with Crippen LogP contribution in [0.2, 0.25) is 0 Å². The minimum Gasteiger partial charge on any atom is -0.345 e. The fourth-order valence-electron chi connectivity index (χ4n) is 3.38. The fourth-order valence-corrected chi connectivity index (χ4v) is 3.38. The van der Waals surface area contributed by atoms with Crippen molar-refractivity contribution in [2.45, 2.75) is 31.5 Å². The van der Waals surface area contributed by atoms with E-state index in [1.165, 1.54) is 5.56 Å². The highest BCUT2D eigenvalue weighted by atomic mass is 16.1. The van der Waals surface area contributed by atoms with Crippen molar-refractivity contribution in [2.75, 3.05) is 0 Å². The number of amides is 1. The van der Waals surface area contributed by atoms with Crippen LogP contribution in [0.5, 0.6) is 0 Å². The predicted octanol–water partition coefficient (Wildman–Crippen LogP) is 1.72. The van der Waals surface area contributed by atoms with E-state index in [4.69, 9.17) is 0 Å². The van der Waals surface area contributed by atoms with Crippen molar-refractivity contribution in [3.05, 3.63) is 66.5 Å². The molecule has 0 aliphatic carbocycles. The first-order valence-electron chi connectivity index (χ1n) is 8.79. The van der Waals surface area contributed by atoms with Gasteiger partial charge in [-0.15, -0.1) is 0 Å². The summed E-state index contributed by atoms with van der Waals surface area (Å²) >= 11 is 0. The number of hydrogen-bond acceptors (Lipinski definition) is 4. The molecule has 1 saturated heterocycles. The monoisotopic (exact) mass is 350 g/mol. The summed E-state index contributed by atoms with van der Waals surface area (Å²) in [6.07, 6.45) is 8.70. The second kappa shape index (κ2) is 7.13. The second-order valence-electron chi connectivity index (χ2n) is 6.58. The number of carbonyl (C=O) groups is 1. The van der Waals surface area contributed by atoms with Gasteiger partial charge in [0.1, 0.15) is 11.9 Å². The maximum atomic E-state index is 11.9. The van der Waals surface area contributed by atoms with Gasteiger partial charge in [0.25, 0.3) is 0 Å². The Balaban J connectivity index is 1.44. The number of aromatic nitrogens is 4. The third-order valence-electron chi connectivity index (χ3n) is 4.81. The van der Waals surface area contributed by atoms with Crippen LogP contribution in [-0.2, 0) is 18.4 Å². The Morgan fingerprint density at radius 3 is 2.77 bits per heavy atom. The number of hydrogen-bond donors (Lipinski definition) is 2. The molecule has 134 valence electrons. The summed E-state index contributed by atoms with van der Waals surface area (Å²) in [5, 5.41) is 10.9. The molecular formula is C19H22N6O. The van der Waals surface area contributed by atoms with Gasteiger partial charge < -0.3 is 15.2 Å². The summed E-state index contributed by atoms with van der Waals surface area (Å²) in [6, 6.07) is 10.3. The Morgan fingerprint density at radius 1 is 1.23 bits per heavy atom. The third kappa shape index (κ3) is 3.39. The van der Waals surface area contributed by atoms with Crippen molar-refractivity contribution >= 4 is 5.91 Å². The van der Waals surface area contributed by atoms with E-state index in [2.05, 4.69) is 45.0 Å². The van der Waals surface area contributed by atoms with Crippen LogP contribution < -0.4 is 10.6 Å². The molecule has 7 nitrogen and oxygen atoms in total. The standard InChI is InChI=1S/C19H22N6O/c1-24-12-10-20-19(24)18-16(7-8-17(26)23-18)21-13-14-3-5-15(6-4-14)25-11-2-9-22-25/h2-6,9-12,16,18,21H,7-8,13H2,1H3,(H,23,26)/t16-,18-/m1/s1. The number of piperidine rings is 1. The minimum absolute atomic E-state index is 0.0830. The average Bonchev–Trinajstić information content (AvgIpc) is 3.33. The first-order chi connectivity index (χ1) is 12.7. The van der Waals surface area contributed by atoms with Gasteiger partial charge in [-0.05, 0) is 30.2 Å². The van der Waals surface area contributed by atoms with E-state index in [1.54, 1.807) is 12.4 Å². The van der Waals surface area contributed by atoms with Crippen molar-refractivity contribution in [1.82, 2.24) is 30.0 Å². The maximum absolute atomic E-state index is 11.9. The van der Waals surface area contributed by atoms with E-state index in [0.717, 1.165) is 24.5 Å². The van der Waals surface area contributed by atoms with Crippen molar-refractivity contribution in [2.24, 2.45) is 7.05 Å². The van der Waals surface area contributed by atoms with Gasteiger partial charge in [0, 0.05) is 50.8 Å². The fraction of sp³-hybridized carbons (Fsp3) is 0.316. The Hall–Kier alpha value is -2.93. The number of benzene rings is 1. The van der Waals surface area contributed by atoms with Gasteiger partial charge in [-0.25, -0.2) is 9.67 Å². The zero-order valence-electron chi connectivity index (χ0n) is 14.7. The number of rotatable bonds is 5. The topological polar surface area (TPSA) is 76.8 Å². The van der Waals surface area contributed by atoms with Crippen LogP contribution in [-0.4, -0.2) is 31.3 Å². The number of carbonyl (C=O) groups excluding carboxylic acids is 1. The lowest BCUT2D eigenvalue weighted by Crippen LogP contribution is -2.49. The quantitative estimate of drug-likeness (QED) is 0.734. The first-order valence-corrected chi connectivity index (χ1v) is 8.79. The average molecular weight is 350 g/mol. The molecule has 1 aliphatic heterocycles. The van der Waals surface area contributed by atoms with Crippen LogP contribution in [0.4, 0.5) is 0 Å². The first kappa shape index (κ1) is 16.5.